The molecule has 0 atom stereocenters. The van der Waals surface area contributed by atoms with Crippen LogP contribution in [0.4, 0.5) is 0 Å². The Balaban J connectivity index is -0.00000000526. The Morgan fingerprint density at radius 2 is 0.0167 bits per heavy atom. The van der Waals surface area contributed by atoms with Gasteiger partial charge in [-0.1, -0.05) is 831 Å². The van der Waals surface area contributed by atoms with Crippen LogP contribution in [-0.4, -0.2) is 0 Å². The van der Waals surface area contributed by atoms with Crippen LogP contribution in [0.2, 0.25) is 0 Å². The van der Waals surface area contributed by atoms with E-state index in [1.165, 1.54) is 0 Å². The molecule has 0 radical (unpaired) electrons. The van der Waals surface area contributed by atoms with Crippen LogP contribution in [-0.2, 0) is 0 Å². The summed E-state index contributed by atoms with van der Waals surface area (Å²) in [5.41, 5.74) is 0. The molecule has 0 saturated carbocycles. The lowest BCUT2D eigenvalue weighted by Gasteiger charge is -1.07. The largest absolute Gasteiger partial charge is 0.0683 e. The van der Waals surface area contributed by atoms with Gasteiger partial charge < -0.3 is 0 Å². The van der Waals surface area contributed by atoms with Gasteiger partial charge in [-0.05, 0) is 0 Å². The molecule has 0 unspecified atom stereocenters. The van der Waals surface area contributed by atoms with Crippen LogP contribution in [0.25, 0.3) is 0 Å². The van der Waals surface area contributed by atoms with Crippen molar-refractivity contribution in [3.05, 3.63) is 0 Å². The Labute approximate surface area is 826 Å². The molecule has 0 amide bonds. The summed E-state index contributed by atoms with van der Waals surface area (Å²) in [4.78, 5) is 0. The second-order valence-corrected chi connectivity index (χ2v) is 0. The van der Waals surface area contributed by atoms with Gasteiger partial charge in [0.15, 0.2) is 0 Å². The van der Waals surface area contributed by atoms with Gasteiger partial charge >= 0.3 is 0 Å². The molecule has 0 fully saturated rings. The maximum atomic E-state index is 2.00. The average Bonchev–Trinajstić information content (AvgIpc) is 4.00. The van der Waals surface area contributed by atoms with E-state index < -0.39 is 0 Å². The van der Waals surface area contributed by atoms with Crippen LogP contribution < -0.4 is 0 Å². The van der Waals surface area contributed by atoms with Crippen molar-refractivity contribution in [2.24, 2.45) is 0 Å². The van der Waals surface area contributed by atoms with Gasteiger partial charge in [-0.3, -0.25) is 0 Å². The van der Waals surface area contributed by atoms with Crippen LogP contribution >= 0.6 is 0 Å². The Morgan fingerprint density at radius 3 is 0.0167 bits per heavy atom. The molecular formula is C120H360. The Kier molecular flexibility index (Phi) is 0. The van der Waals surface area contributed by atoms with Crippen LogP contribution in [0, 0.1) is 0 Å². The van der Waals surface area contributed by atoms with Gasteiger partial charge in [-0.15, -0.1) is 0 Å². The van der Waals surface area contributed by atoms with Crippen molar-refractivity contribution in [2.45, 2.75) is 831 Å². The SMILES string of the molecule is CC.CC.CC.CC.CC.CC.CC.CC.CC.CC.CC.CC.CC.CC.CC.CC.CC.CC.CC.CC.CC.CC.CC.CC.CC.CC.CC.CC.CC.CC.CC.CC.CC.CC.CC.CC.CC.CC.CC.CC.CC.CC.CC.CC.CC.CC.CC.CC.CC.CC.CC.CC.CC.CC.CC.CC.CC.CC.CC.CC. The minimum atomic E-state index is 2.00. The van der Waals surface area contributed by atoms with Gasteiger partial charge in [-0.2, -0.15) is 0 Å². The summed E-state index contributed by atoms with van der Waals surface area (Å²) in [5, 5.41) is 0. The molecule has 120 heavy (non-hydrogen) atoms. The van der Waals surface area contributed by atoms with Gasteiger partial charge in [0, 0.05) is 0 Å². The van der Waals surface area contributed by atoms with Gasteiger partial charge in [0.05, 0.1) is 0 Å². The third-order valence-electron chi connectivity index (χ3n) is 0. The summed E-state index contributed by atoms with van der Waals surface area (Å²) in [6.07, 6.45) is 0. The minimum absolute atomic E-state index is 2.00. The molecule has 0 saturated heterocycles. The lowest BCUT2D eigenvalue weighted by Crippen LogP contribution is -0.856. The molecule has 0 rings (SSSR count). The molecule has 0 aliphatic rings. The molecule has 0 aliphatic heterocycles. The molecule has 0 aromatic carbocycles. The quantitative estimate of drug-likeness (QED) is 0.227. The first-order chi connectivity index (χ1) is 60.0. The van der Waals surface area contributed by atoms with Crippen molar-refractivity contribution < 1.29 is 0 Å². The lowest BCUT2D eigenvalue weighted by molar-refractivity contribution is 1.50. The Hall–Kier alpha value is 0. The lowest BCUT2D eigenvalue weighted by atomic mass is 11.0. The third-order valence-corrected chi connectivity index (χ3v) is 0. The van der Waals surface area contributed by atoms with Gasteiger partial charge in [0.2, 0.25) is 0 Å². The fourth-order valence-electron chi connectivity index (χ4n) is 0. The number of hydrogen-bond acceptors (Lipinski definition) is 0. The van der Waals surface area contributed by atoms with E-state index in [1.54, 1.807) is 0 Å². The maximum Gasteiger partial charge on any atom is -0.0683 e. The fraction of sp³-hybridized carbons (Fsp3) is 1.00. The highest BCUT2D eigenvalue weighted by molar-refractivity contribution is 3.62. The number of rotatable bonds is 0. The summed E-state index contributed by atoms with van der Waals surface area (Å²) in [5.74, 6) is 0. The predicted octanol–water partition coefficient (Wildman–Crippen LogP) is 61.6. The Bertz CT molecular complexity index is 0. The number of hydrogen-bond donors (Lipinski definition) is 0. The first-order valence-electron chi connectivity index (χ1n) is 60.0. The van der Waals surface area contributed by atoms with Crippen LogP contribution in [0.3, 0.4) is 0 Å². The van der Waals surface area contributed by atoms with Gasteiger partial charge in [0.25, 0.3) is 0 Å². The first-order valence-corrected chi connectivity index (χ1v) is 60.0. The second kappa shape index (κ2) is 0. The highest BCUT2D eigenvalue weighted by atomic mass is 13.1. The zero-order valence-corrected chi connectivity index (χ0v) is 120. The van der Waals surface area contributed by atoms with Gasteiger partial charge in [-0.25, -0.2) is 0 Å². The molecule has 0 heterocycles. The summed E-state index contributed by atoms with van der Waals surface area (Å²) in [6, 6.07) is 0. The van der Waals surface area contributed by atoms with E-state index in [-0.39, 0.29) is 0 Å². The molecular weight excluding hydrogens is 1440 g/mol. The van der Waals surface area contributed by atoms with Crippen molar-refractivity contribution in [3.63, 3.8) is 0 Å². The van der Waals surface area contributed by atoms with Crippen molar-refractivity contribution in [1.29, 1.82) is 0 Å². The van der Waals surface area contributed by atoms with E-state index in [4.69, 9.17) is 0 Å². The standard InChI is InChI=1S/60C2H6/c60*1-2/h60*1-2H3. The summed E-state index contributed by atoms with van der Waals surface area (Å²) >= 11 is 0. The maximum absolute atomic E-state index is 2.00. The van der Waals surface area contributed by atoms with Gasteiger partial charge in [0.1, 0.15) is 0 Å². The topological polar surface area (TPSA) is 0 Å². The summed E-state index contributed by atoms with van der Waals surface area (Å²) in [7, 11) is 0. The van der Waals surface area contributed by atoms with E-state index in [9.17, 15) is 0 Å². The molecule has 0 bridgehead atoms. The smallest absolute Gasteiger partial charge is 0.0683 e. The first kappa shape index (κ1) is 472. The zero-order valence-electron chi connectivity index (χ0n) is 120. The molecule has 0 nitrogen and oxygen atoms in total. The molecule has 0 aromatic heterocycles. The highest BCUT2D eigenvalue weighted by Crippen LogP contribution is 1.26. The van der Waals surface area contributed by atoms with Crippen LogP contribution in [0.1, 0.15) is 831 Å². The van der Waals surface area contributed by atoms with E-state index in [2.05, 4.69) is 0 Å². The van der Waals surface area contributed by atoms with E-state index in [0.717, 1.165) is 0 Å². The predicted molar refractivity (Wildman–Crippen MR) is 681 cm³/mol. The van der Waals surface area contributed by atoms with E-state index in [1.807, 2.05) is 831 Å². The van der Waals surface area contributed by atoms with E-state index >= 15 is 0 Å². The fourth-order valence-corrected chi connectivity index (χ4v) is 0. The van der Waals surface area contributed by atoms with Crippen molar-refractivity contribution in [1.82, 2.24) is 0 Å². The molecule has 0 aliphatic carbocycles. The molecule has 0 heteroatoms. The van der Waals surface area contributed by atoms with Crippen LogP contribution in [0.15, 0.2) is 0 Å². The van der Waals surface area contributed by atoms with Crippen molar-refractivity contribution >= 4 is 0 Å². The molecule has 0 spiro atoms. The zero-order chi connectivity index (χ0) is 120. The normalized spacial score (nSPS) is 3.00. The summed E-state index contributed by atoms with van der Waals surface area (Å²) < 4.78 is 0. The third kappa shape index (κ3) is 0. The Morgan fingerprint density at radius 1 is 0.0167 bits per heavy atom. The van der Waals surface area contributed by atoms with Crippen molar-refractivity contribution in [2.75, 3.05) is 0 Å². The molecule has 0 N–H and O–H groups in total. The van der Waals surface area contributed by atoms with Crippen molar-refractivity contribution in [3.8, 4) is 0 Å². The van der Waals surface area contributed by atoms with E-state index in [0.29, 0.717) is 0 Å². The molecule has 0 aromatic rings. The highest BCUT2D eigenvalue weighted by Gasteiger charge is 1.05. The average molecular weight is 1800 g/mol. The van der Waals surface area contributed by atoms with Crippen LogP contribution in [0.5, 0.6) is 0 Å². The molecule has 840 valence electrons. The summed E-state index contributed by atoms with van der Waals surface area (Å²) in [6.45, 7) is 240. The second-order valence-electron chi connectivity index (χ2n) is 0. The minimum Gasteiger partial charge on any atom is -0.0683 e. The monoisotopic (exact) mass is 1800 g/mol.